The first-order valence-electron chi connectivity index (χ1n) is 9.49. The highest BCUT2D eigenvalue weighted by Crippen LogP contribution is 2.11. The van der Waals surface area contributed by atoms with Crippen molar-refractivity contribution in [2.24, 2.45) is 0 Å². The second-order valence-corrected chi connectivity index (χ2v) is 6.14. The molecule has 0 aromatic heterocycles. The van der Waals surface area contributed by atoms with E-state index in [1.165, 1.54) is 0 Å². The normalized spacial score (nSPS) is 10.3. The van der Waals surface area contributed by atoms with Crippen LogP contribution in [0.3, 0.4) is 0 Å². The van der Waals surface area contributed by atoms with E-state index < -0.39 is 0 Å². The molecule has 6 nitrogen and oxygen atoms in total. The zero-order valence-electron chi connectivity index (χ0n) is 16.2. The number of carbonyl (C=O) groups excluding carboxylic acids is 2. The van der Waals surface area contributed by atoms with Crippen molar-refractivity contribution in [3.63, 3.8) is 0 Å². The smallest absolute Gasteiger partial charge is 0.338 e. The van der Waals surface area contributed by atoms with Crippen LogP contribution in [0.2, 0.25) is 0 Å². The number of nitrogens with one attached hydrogen (secondary N) is 1. The Morgan fingerprint density at radius 3 is 2.36 bits per heavy atom. The predicted octanol–water partition coefficient (Wildman–Crippen LogP) is 3.96. The molecule has 0 saturated heterocycles. The van der Waals surface area contributed by atoms with Crippen LogP contribution in [0.15, 0.2) is 48.5 Å². The fraction of sp³-hybridized carbons (Fsp3) is 0.364. The van der Waals surface area contributed by atoms with Crippen LogP contribution in [0.25, 0.3) is 0 Å². The Bertz CT molecular complexity index is 713. The van der Waals surface area contributed by atoms with Gasteiger partial charge >= 0.3 is 5.97 Å². The summed E-state index contributed by atoms with van der Waals surface area (Å²) in [6.45, 7) is 4.31. The number of anilines is 1. The summed E-state index contributed by atoms with van der Waals surface area (Å²) in [7, 11) is 0. The fourth-order valence-corrected chi connectivity index (χ4v) is 2.37. The molecular formula is C22H27NO5. The standard InChI is InChI=1S/C22H27NO5/c1-2-3-12-23-20-8-6-19(7-9-20)22(25)28-16-14-26-13-15-27-21-10-4-18(17-24)5-11-21/h4-11,17,23H,2-3,12-16H2,1H3. The summed E-state index contributed by atoms with van der Waals surface area (Å²) < 4.78 is 16.1. The van der Waals surface area contributed by atoms with E-state index in [1.807, 2.05) is 12.1 Å². The Morgan fingerprint density at radius 1 is 0.964 bits per heavy atom. The van der Waals surface area contributed by atoms with E-state index in [2.05, 4.69) is 12.2 Å². The van der Waals surface area contributed by atoms with Crippen molar-refractivity contribution in [1.29, 1.82) is 0 Å². The first-order chi connectivity index (χ1) is 13.7. The van der Waals surface area contributed by atoms with E-state index in [4.69, 9.17) is 14.2 Å². The van der Waals surface area contributed by atoms with Crippen molar-refractivity contribution in [1.82, 2.24) is 0 Å². The van der Waals surface area contributed by atoms with Crippen molar-refractivity contribution in [2.45, 2.75) is 19.8 Å². The van der Waals surface area contributed by atoms with E-state index in [-0.39, 0.29) is 12.6 Å². The summed E-state index contributed by atoms with van der Waals surface area (Å²) in [6.07, 6.45) is 3.04. The van der Waals surface area contributed by atoms with Gasteiger partial charge in [0.25, 0.3) is 0 Å². The number of hydrogen-bond acceptors (Lipinski definition) is 6. The van der Waals surface area contributed by atoms with Gasteiger partial charge in [0.05, 0.1) is 18.8 Å². The second-order valence-electron chi connectivity index (χ2n) is 6.14. The highest BCUT2D eigenvalue weighted by Gasteiger charge is 2.06. The maximum atomic E-state index is 12.0. The third-order valence-corrected chi connectivity index (χ3v) is 3.95. The van der Waals surface area contributed by atoms with Crippen LogP contribution in [0, 0.1) is 0 Å². The van der Waals surface area contributed by atoms with Crippen molar-refractivity contribution >= 4 is 17.9 Å². The minimum Gasteiger partial charge on any atom is -0.491 e. The third-order valence-electron chi connectivity index (χ3n) is 3.95. The van der Waals surface area contributed by atoms with Crippen LogP contribution in [-0.4, -0.2) is 45.2 Å². The molecule has 6 heteroatoms. The van der Waals surface area contributed by atoms with Crippen molar-refractivity contribution < 1.29 is 23.8 Å². The Morgan fingerprint density at radius 2 is 1.68 bits per heavy atom. The fourth-order valence-electron chi connectivity index (χ4n) is 2.37. The topological polar surface area (TPSA) is 73.9 Å². The lowest BCUT2D eigenvalue weighted by Crippen LogP contribution is -2.14. The van der Waals surface area contributed by atoms with Gasteiger partial charge in [-0.05, 0) is 55.0 Å². The molecule has 0 unspecified atom stereocenters. The quantitative estimate of drug-likeness (QED) is 0.320. The zero-order valence-corrected chi connectivity index (χ0v) is 16.2. The molecule has 1 N–H and O–H groups in total. The minimum atomic E-state index is -0.366. The molecule has 2 rings (SSSR count). The summed E-state index contributed by atoms with van der Waals surface area (Å²) in [6, 6.07) is 14.1. The van der Waals surface area contributed by atoms with E-state index in [0.717, 1.165) is 31.4 Å². The molecular weight excluding hydrogens is 358 g/mol. The van der Waals surface area contributed by atoms with Gasteiger partial charge in [0, 0.05) is 17.8 Å². The average molecular weight is 385 g/mol. The van der Waals surface area contributed by atoms with E-state index >= 15 is 0 Å². The van der Waals surface area contributed by atoms with E-state index in [9.17, 15) is 9.59 Å². The first kappa shape index (κ1) is 21.4. The SMILES string of the molecule is CCCCNc1ccc(C(=O)OCCOCCOc2ccc(C=O)cc2)cc1. The lowest BCUT2D eigenvalue weighted by Gasteiger charge is -2.09. The van der Waals surface area contributed by atoms with Gasteiger partial charge in [-0.15, -0.1) is 0 Å². The second kappa shape index (κ2) is 12.5. The van der Waals surface area contributed by atoms with E-state index in [1.54, 1.807) is 36.4 Å². The number of aldehydes is 1. The number of rotatable bonds is 13. The molecule has 0 saturated carbocycles. The molecule has 28 heavy (non-hydrogen) atoms. The Hall–Kier alpha value is -2.86. The van der Waals surface area contributed by atoms with Crippen LogP contribution in [0.5, 0.6) is 5.75 Å². The van der Waals surface area contributed by atoms with Gasteiger partial charge < -0.3 is 19.5 Å². The molecule has 0 atom stereocenters. The zero-order chi connectivity index (χ0) is 20.0. The lowest BCUT2D eigenvalue weighted by molar-refractivity contribution is 0.0273. The summed E-state index contributed by atoms with van der Waals surface area (Å²) in [5, 5.41) is 3.30. The van der Waals surface area contributed by atoms with E-state index in [0.29, 0.717) is 36.7 Å². The van der Waals surface area contributed by atoms with Gasteiger partial charge in [0.15, 0.2) is 0 Å². The molecule has 0 aliphatic heterocycles. The highest BCUT2D eigenvalue weighted by molar-refractivity contribution is 5.89. The van der Waals surface area contributed by atoms with Gasteiger partial charge in [-0.3, -0.25) is 4.79 Å². The molecule has 0 heterocycles. The van der Waals surface area contributed by atoms with Gasteiger partial charge in [-0.25, -0.2) is 4.79 Å². The Kier molecular flexibility index (Phi) is 9.58. The number of esters is 1. The number of benzene rings is 2. The average Bonchev–Trinajstić information content (AvgIpc) is 2.74. The van der Waals surface area contributed by atoms with Crippen molar-refractivity contribution in [2.75, 3.05) is 38.3 Å². The molecule has 0 bridgehead atoms. The van der Waals surface area contributed by atoms with Crippen LogP contribution >= 0.6 is 0 Å². The monoisotopic (exact) mass is 385 g/mol. The molecule has 150 valence electrons. The Labute approximate surface area is 165 Å². The van der Waals surface area contributed by atoms with Crippen molar-refractivity contribution in [3.8, 4) is 5.75 Å². The lowest BCUT2D eigenvalue weighted by atomic mass is 10.2. The van der Waals surface area contributed by atoms with Crippen LogP contribution in [0.4, 0.5) is 5.69 Å². The predicted molar refractivity (Wildman–Crippen MR) is 108 cm³/mol. The number of hydrogen-bond donors (Lipinski definition) is 1. The van der Waals surface area contributed by atoms with Gasteiger partial charge in [-0.2, -0.15) is 0 Å². The van der Waals surface area contributed by atoms with Crippen LogP contribution in [-0.2, 0) is 9.47 Å². The maximum Gasteiger partial charge on any atom is 0.338 e. The molecule has 0 aliphatic carbocycles. The third kappa shape index (κ3) is 7.80. The highest BCUT2D eigenvalue weighted by atomic mass is 16.6. The molecule has 0 aliphatic rings. The molecule has 0 amide bonds. The molecule has 0 radical (unpaired) electrons. The molecule has 2 aromatic carbocycles. The number of ether oxygens (including phenoxy) is 3. The van der Waals surface area contributed by atoms with Crippen LogP contribution in [0.1, 0.15) is 40.5 Å². The van der Waals surface area contributed by atoms with Gasteiger partial charge in [0.2, 0.25) is 0 Å². The summed E-state index contributed by atoms with van der Waals surface area (Å²) in [5.41, 5.74) is 2.12. The van der Waals surface area contributed by atoms with Crippen LogP contribution < -0.4 is 10.1 Å². The largest absolute Gasteiger partial charge is 0.491 e. The van der Waals surface area contributed by atoms with Crippen molar-refractivity contribution in [3.05, 3.63) is 59.7 Å². The molecule has 0 fully saturated rings. The summed E-state index contributed by atoms with van der Waals surface area (Å²) >= 11 is 0. The summed E-state index contributed by atoms with van der Waals surface area (Å²) in [5.74, 6) is 0.309. The van der Waals surface area contributed by atoms with Gasteiger partial charge in [-0.1, -0.05) is 13.3 Å². The molecule has 0 spiro atoms. The number of unbranched alkanes of at least 4 members (excludes halogenated alkanes) is 1. The maximum absolute atomic E-state index is 12.0. The number of carbonyl (C=O) groups is 2. The molecule has 2 aromatic rings. The summed E-state index contributed by atoms with van der Waals surface area (Å²) in [4.78, 5) is 22.6. The Balaban J connectivity index is 1.56. The minimum absolute atomic E-state index is 0.184. The first-order valence-corrected chi connectivity index (χ1v) is 9.49. The van der Waals surface area contributed by atoms with Gasteiger partial charge in [0.1, 0.15) is 25.2 Å².